The largest absolute Gasteiger partial charge is 0.396 e. The zero-order valence-electron chi connectivity index (χ0n) is 11.3. The van der Waals surface area contributed by atoms with Crippen LogP contribution < -0.4 is 5.32 Å². The molecule has 0 aliphatic heterocycles. The van der Waals surface area contributed by atoms with Gasteiger partial charge < -0.3 is 15.5 Å². The second-order valence-corrected chi connectivity index (χ2v) is 5.11. The molecule has 0 aliphatic carbocycles. The van der Waals surface area contributed by atoms with Crippen molar-refractivity contribution in [1.82, 2.24) is 5.32 Å². The van der Waals surface area contributed by atoms with Crippen LogP contribution in [0.15, 0.2) is 0 Å². The third-order valence-electron chi connectivity index (χ3n) is 3.82. The molecule has 0 radical (unpaired) electrons. The fraction of sp³-hybridized carbons (Fsp3) is 1.00. The van der Waals surface area contributed by atoms with E-state index in [0.29, 0.717) is 12.0 Å². The van der Waals surface area contributed by atoms with Crippen molar-refractivity contribution in [3.8, 4) is 0 Å². The zero-order valence-corrected chi connectivity index (χ0v) is 11.3. The van der Waals surface area contributed by atoms with Crippen molar-refractivity contribution in [3.05, 3.63) is 0 Å². The monoisotopic (exact) mass is 231 g/mol. The van der Waals surface area contributed by atoms with Crippen molar-refractivity contribution in [2.24, 2.45) is 11.3 Å². The summed E-state index contributed by atoms with van der Waals surface area (Å²) in [6.45, 7) is 9.85. The minimum atomic E-state index is 0.00258. The number of aliphatic hydroxyl groups excluding tert-OH is 2. The SMILES string of the molecule is CCC(CC)(CO)CNC(CCO)C(C)C. The molecule has 1 atom stereocenters. The Kier molecular flexibility index (Phi) is 7.98. The molecule has 0 fully saturated rings. The van der Waals surface area contributed by atoms with Crippen LogP contribution in [-0.4, -0.2) is 36.0 Å². The normalized spacial score (nSPS) is 14.4. The highest BCUT2D eigenvalue weighted by Gasteiger charge is 2.26. The molecule has 3 N–H and O–H groups in total. The first-order valence-corrected chi connectivity index (χ1v) is 6.50. The fourth-order valence-corrected chi connectivity index (χ4v) is 1.94. The van der Waals surface area contributed by atoms with Crippen LogP contribution in [-0.2, 0) is 0 Å². The Balaban J connectivity index is 4.25. The number of rotatable bonds is 9. The molecule has 0 aromatic carbocycles. The summed E-state index contributed by atoms with van der Waals surface area (Å²) in [4.78, 5) is 0. The van der Waals surface area contributed by atoms with Gasteiger partial charge in [-0.15, -0.1) is 0 Å². The van der Waals surface area contributed by atoms with E-state index in [9.17, 15) is 5.11 Å². The maximum atomic E-state index is 9.47. The van der Waals surface area contributed by atoms with Crippen LogP contribution in [0.1, 0.15) is 47.0 Å². The Labute approximate surface area is 100 Å². The Morgan fingerprint density at radius 2 is 1.69 bits per heavy atom. The van der Waals surface area contributed by atoms with Crippen LogP contribution in [0.25, 0.3) is 0 Å². The molecule has 3 heteroatoms. The molecule has 0 amide bonds. The maximum Gasteiger partial charge on any atom is 0.0499 e. The van der Waals surface area contributed by atoms with Gasteiger partial charge in [-0.1, -0.05) is 27.7 Å². The Bertz CT molecular complexity index is 159. The van der Waals surface area contributed by atoms with Gasteiger partial charge in [-0.3, -0.25) is 0 Å². The summed E-state index contributed by atoms with van der Waals surface area (Å²) in [5, 5.41) is 22.0. The topological polar surface area (TPSA) is 52.5 Å². The van der Waals surface area contributed by atoms with Crippen molar-refractivity contribution in [2.45, 2.75) is 53.0 Å². The number of hydrogen-bond acceptors (Lipinski definition) is 3. The highest BCUT2D eigenvalue weighted by Crippen LogP contribution is 2.25. The molecule has 0 spiro atoms. The predicted octanol–water partition coefficient (Wildman–Crippen LogP) is 1.78. The summed E-state index contributed by atoms with van der Waals surface area (Å²) in [5.41, 5.74) is 0.00258. The predicted molar refractivity (Wildman–Crippen MR) is 68.4 cm³/mol. The fourth-order valence-electron chi connectivity index (χ4n) is 1.94. The summed E-state index contributed by atoms with van der Waals surface area (Å²) in [6, 6.07) is 0.342. The minimum Gasteiger partial charge on any atom is -0.396 e. The lowest BCUT2D eigenvalue weighted by atomic mass is 9.82. The molecule has 0 saturated heterocycles. The molecule has 98 valence electrons. The first-order valence-electron chi connectivity index (χ1n) is 6.50. The van der Waals surface area contributed by atoms with Gasteiger partial charge in [0.1, 0.15) is 0 Å². The number of nitrogens with one attached hydrogen (secondary N) is 1. The van der Waals surface area contributed by atoms with E-state index in [1.54, 1.807) is 0 Å². The highest BCUT2D eigenvalue weighted by atomic mass is 16.3. The molecule has 0 aromatic rings. The smallest absolute Gasteiger partial charge is 0.0499 e. The average Bonchev–Trinajstić information content (AvgIpc) is 2.29. The van der Waals surface area contributed by atoms with Crippen LogP contribution in [0.4, 0.5) is 0 Å². The van der Waals surface area contributed by atoms with Crippen LogP contribution in [0.5, 0.6) is 0 Å². The van der Waals surface area contributed by atoms with Crippen LogP contribution in [0.2, 0.25) is 0 Å². The third kappa shape index (κ3) is 4.81. The van der Waals surface area contributed by atoms with E-state index in [2.05, 4.69) is 33.0 Å². The summed E-state index contributed by atoms with van der Waals surface area (Å²) in [7, 11) is 0. The van der Waals surface area contributed by atoms with E-state index in [1.165, 1.54) is 0 Å². The van der Waals surface area contributed by atoms with E-state index >= 15 is 0 Å². The van der Waals surface area contributed by atoms with E-state index in [-0.39, 0.29) is 18.6 Å². The first-order chi connectivity index (χ1) is 7.55. The van der Waals surface area contributed by atoms with Gasteiger partial charge in [0.05, 0.1) is 0 Å². The number of hydrogen-bond donors (Lipinski definition) is 3. The van der Waals surface area contributed by atoms with Gasteiger partial charge in [-0.05, 0) is 25.2 Å². The van der Waals surface area contributed by atoms with Crippen LogP contribution in [0, 0.1) is 11.3 Å². The molecule has 16 heavy (non-hydrogen) atoms. The number of aliphatic hydroxyl groups is 2. The molecular weight excluding hydrogens is 202 g/mol. The van der Waals surface area contributed by atoms with Crippen molar-refractivity contribution < 1.29 is 10.2 Å². The van der Waals surface area contributed by atoms with Crippen molar-refractivity contribution >= 4 is 0 Å². The summed E-state index contributed by atoms with van der Waals surface area (Å²) in [5.74, 6) is 0.511. The van der Waals surface area contributed by atoms with Crippen LogP contribution >= 0.6 is 0 Å². The quantitative estimate of drug-likeness (QED) is 0.567. The van der Waals surface area contributed by atoms with Gasteiger partial charge in [-0.25, -0.2) is 0 Å². The zero-order chi connectivity index (χ0) is 12.6. The Hall–Kier alpha value is -0.120. The van der Waals surface area contributed by atoms with Gasteiger partial charge in [0, 0.05) is 31.2 Å². The van der Waals surface area contributed by atoms with Gasteiger partial charge in [-0.2, -0.15) is 0 Å². The first kappa shape index (κ1) is 15.9. The highest BCUT2D eigenvalue weighted by molar-refractivity contribution is 4.81. The van der Waals surface area contributed by atoms with E-state index in [0.717, 1.165) is 25.8 Å². The maximum absolute atomic E-state index is 9.47. The second kappa shape index (κ2) is 8.04. The molecule has 0 aromatic heterocycles. The second-order valence-electron chi connectivity index (χ2n) is 5.11. The summed E-state index contributed by atoms with van der Waals surface area (Å²) < 4.78 is 0. The molecule has 0 rings (SSSR count). The van der Waals surface area contributed by atoms with Gasteiger partial charge in [0.2, 0.25) is 0 Å². The Morgan fingerprint density at radius 1 is 1.12 bits per heavy atom. The molecule has 0 saturated carbocycles. The molecule has 1 unspecified atom stereocenters. The van der Waals surface area contributed by atoms with E-state index in [4.69, 9.17) is 5.11 Å². The van der Waals surface area contributed by atoms with Gasteiger partial charge in [0.25, 0.3) is 0 Å². The van der Waals surface area contributed by atoms with E-state index in [1.807, 2.05) is 0 Å². The van der Waals surface area contributed by atoms with Crippen LogP contribution in [0.3, 0.4) is 0 Å². The molecule has 0 heterocycles. The summed E-state index contributed by atoms with van der Waals surface area (Å²) >= 11 is 0. The van der Waals surface area contributed by atoms with Gasteiger partial charge in [0.15, 0.2) is 0 Å². The molecule has 0 bridgehead atoms. The lowest BCUT2D eigenvalue weighted by molar-refractivity contribution is 0.104. The lowest BCUT2D eigenvalue weighted by Gasteiger charge is -2.33. The van der Waals surface area contributed by atoms with Gasteiger partial charge >= 0.3 is 0 Å². The Morgan fingerprint density at radius 3 is 2.00 bits per heavy atom. The lowest BCUT2D eigenvalue weighted by Crippen LogP contribution is -2.43. The van der Waals surface area contributed by atoms with Crippen molar-refractivity contribution in [1.29, 1.82) is 0 Å². The average molecular weight is 231 g/mol. The van der Waals surface area contributed by atoms with Crippen molar-refractivity contribution in [2.75, 3.05) is 19.8 Å². The molecule has 0 aliphatic rings. The minimum absolute atomic E-state index is 0.00258. The standard InChI is InChI=1S/C13H29NO2/c1-5-13(6-2,10-16)9-14-12(7-8-15)11(3)4/h11-12,14-16H,5-10H2,1-4H3. The molecule has 3 nitrogen and oxygen atoms in total. The summed E-state index contributed by atoms with van der Waals surface area (Å²) in [6.07, 6.45) is 2.75. The third-order valence-corrected chi connectivity index (χ3v) is 3.82. The van der Waals surface area contributed by atoms with Crippen molar-refractivity contribution in [3.63, 3.8) is 0 Å². The molecular formula is C13H29NO2. The van der Waals surface area contributed by atoms with E-state index < -0.39 is 0 Å².